The van der Waals surface area contributed by atoms with Crippen LogP contribution in [-0.4, -0.2) is 58.3 Å². The Kier molecular flexibility index (Phi) is 8.23. The van der Waals surface area contributed by atoms with E-state index in [0.717, 1.165) is 30.1 Å². The van der Waals surface area contributed by atoms with Gasteiger partial charge in [-0.3, -0.25) is 9.79 Å². The number of aliphatic imine (C=N–C) groups is 1. The van der Waals surface area contributed by atoms with Crippen LogP contribution < -0.4 is 15.4 Å². The summed E-state index contributed by atoms with van der Waals surface area (Å²) in [6, 6.07) is 13.1. The van der Waals surface area contributed by atoms with E-state index >= 15 is 0 Å². The molecule has 0 bridgehead atoms. The van der Waals surface area contributed by atoms with Crippen molar-refractivity contribution in [2.75, 3.05) is 33.8 Å². The van der Waals surface area contributed by atoms with E-state index in [-0.39, 0.29) is 17.3 Å². The molecule has 0 fully saturated rings. The first-order chi connectivity index (χ1) is 18.1. The Morgan fingerprint density at radius 2 is 1.82 bits per heavy atom. The van der Waals surface area contributed by atoms with Crippen LogP contribution in [-0.2, 0) is 23.0 Å². The van der Waals surface area contributed by atoms with Gasteiger partial charge in [-0.05, 0) is 62.1 Å². The van der Waals surface area contributed by atoms with Crippen LogP contribution in [0.4, 0.5) is 0 Å². The fraction of sp³-hybridized carbons (Fsp3) is 0.357. The molecule has 0 aliphatic carbocycles. The van der Waals surface area contributed by atoms with E-state index in [4.69, 9.17) is 9.15 Å². The number of nitrogens with one attached hydrogen (secondary N) is 2. The lowest BCUT2D eigenvalue weighted by molar-refractivity contribution is 0.0952. The number of sulfonamides is 1. The Morgan fingerprint density at radius 1 is 1.13 bits per heavy atom. The van der Waals surface area contributed by atoms with Crippen LogP contribution in [0.15, 0.2) is 56.8 Å². The smallest absolute Gasteiger partial charge is 0.254 e. The maximum Gasteiger partial charge on any atom is 0.254 e. The van der Waals surface area contributed by atoms with E-state index in [9.17, 15) is 13.2 Å². The first-order valence-corrected chi connectivity index (χ1v) is 13.9. The van der Waals surface area contributed by atoms with Crippen molar-refractivity contribution in [1.82, 2.24) is 14.9 Å². The number of ether oxygens (including phenoxy) is 1. The molecule has 0 saturated carbocycles. The van der Waals surface area contributed by atoms with Gasteiger partial charge >= 0.3 is 0 Å². The highest BCUT2D eigenvalue weighted by Gasteiger charge is 2.27. The maximum atomic E-state index is 13.3. The predicted molar refractivity (Wildman–Crippen MR) is 146 cm³/mol. The van der Waals surface area contributed by atoms with Gasteiger partial charge in [-0.1, -0.05) is 24.3 Å². The van der Waals surface area contributed by atoms with Crippen LogP contribution in [0.5, 0.6) is 5.75 Å². The average molecular weight is 539 g/mol. The number of amides is 1. The van der Waals surface area contributed by atoms with E-state index in [1.807, 2.05) is 24.3 Å². The third-order valence-electron chi connectivity index (χ3n) is 6.53. The molecule has 1 amide bonds. The molecule has 1 aromatic heterocycles. The summed E-state index contributed by atoms with van der Waals surface area (Å²) in [7, 11) is -0.753. The summed E-state index contributed by atoms with van der Waals surface area (Å²) in [6.07, 6.45) is 0.678. The van der Waals surface area contributed by atoms with Crippen molar-refractivity contribution >= 4 is 21.8 Å². The lowest BCUT2D eigenvalue weighted by Crippen LogP contribution is -2.28. The quantitative estimate of drug-likeness (QED) is 0.409. The Hall–Kier alpha value is -3.63. The third-order valence-corrected chi connectivity index (χ3v) is 8.64. The van der Waals surface area contributed by atoms with Crippen molar-refractivity contribution in [1.29, 1.82) is 0 Å². The van der Waals surface area contributed by atoms with Crippen molar-refractivity contribution in [3.05, 3.63) is 81.8 Å². The van der Waals surface area contributed by atoms with Gasteiger partial charge in [0.25, 0.3) is 5.91 Å². The Bertz CT molecular complexity index is 1440. The van der Waals surface area contributed by atoms with Crippen LogP contribution in [0.1, 0.15) is 44.1 Å². The number of carbonyl (C=O) groups is 1. The monoisotopic (exact) mass is 538 g/mol. The Balaban J connectivity index is 1.37. The lowest BCUT2D eigenvalue weighted by Gasteiger charge is -2.19. The highest BCUT2D eigenvalue weighted by atomic mass is 32.2. The molecule has 0 atom stereocenters. The first kappa shape index (κ1) is 27.4. The van der Waals surface area contributed by atoms with Crippen LogP contribution >= 0.6 is 0 Å². The molecular weight excluding hydrogens is 504 g/mol. The zero-order valence-electron chi connectivity index (χ0n) is 22.4. The van der Waals surface area contributed by atoms with Crippen molar-refractivity contribution < 1.29 is 22.4 Å². The fourth-order valence-electron chi connectivity index (χ4n) is 4.58. The molecule has 2 aromatic carbocycles. The Labute approximate surface area is 224 Å². The molecule has 3 aromatic rings. The van der Waals surface area contributed by atoms with Gasteiger partial charge in [0, 0.05) is 25.7 Å². The summed E-state index contributed by atoms with van der Waals surface area (Å²) in [5.74, 6) is 2.10. The van der Waals surface area contributed by atoms with Crippen LogP contribution in [0.25, 0.3) is 0 Å². The summed E-state index contributed by atoms with van der Waals surface area (Å²) >= 11 is 0. The molecule has 2 heterocycles. The number of rotatable bonds is 10. The highest BCUT2D eigenvalue weighted by molar-refractivity contribution is 7.89. The van der Waals surface area contributed by atoms with E-state index < -0.39 is 10.0 Å². The topological polar surface area (TPSA) is 113 Å². The summed E-state index contributed by atoms with van der Waals surface area (Å²) in [5.41, 5.74) is 3.75. The molecule has 202 valence electrons. The second-order valence-corrected chi connectivity index (χ2v) is 11.4. The summed E-state index contributed by atoms with van der Waals surface area (Å²) in [5, 5.41) is 6.18. The minimum absolute atomic E-state index is 0.00609. The maximum absolute atomic E-state index is 13.3. The lowest BCUT2D eigenvalue weighted by atomic mass is 10.1. The number of aryl methyl sites for hydroxylation is 3. The molecule has 10 heteroatoms. The molecule has 38 heavy (non-hydrogen) atoms. The predicted octanol–water partition coefficient (Wildman–Crippen LogP) is 3.36. The van der Waals surface area contributed by atoms with Gasteiger partial charge in [-0.15, -0.1) is 0 Å². The fourth-order valence-corrected chi connectivity index (χ4v) is 6.12. The minimum Gasteiger partial charge on any atom is -0.497 e. The average Bonchev–Trinajstić information content (AvgIpc) is 3.53. The van der Waals surface area contributed by atoms with Gasteiger partial charge in [-0.25, -0.2) is 8.42 Å². The molecular formula is C28H34N4O5S. The second-order valence-electron chi connectivity index (χ2n) is 9.39. The number of carbonyl (C=O) groups excluding carboxylic acids is 1. The number of amidine groups is 1. The van der Waals surface area contributed by atoms with Gasteiger partial charge < -0.3 is 19.8 Å². The van der Waals surface area contributed by atoms with Crippen LogP contribution in [0.3, 0.4) is 0 Å². The second kappa shape index (κ2) is 11.4. The molecule has 9 nitrogen and oxygen atoms in total. The molecule has 2 N–H and O–H groups in total. The van der Waals surface area contributed by atoms with Crippen LogP contribution in [0.2, 0.25) is 0 Å². The minimum atomic E-state index is -3.79. The largest absolute Gasteiger partial charge is 0.497 e. The molecule has 1 aliphatic heterocycles. The molecule has 1 aliphatic rings. The standard InChI is InChI=1S/C28H34N4O5S/c1-18-14-23(36-5)15-19(2)26(18)38(34,35)32(4)17-24-16-25(20(3)37-24)28(33)31-11-10-21-6-8-22(9-7-21)27-29-12-13-30-27/h6-9,14-16H,10-13,17H2,1-5H3,(H,29,30)(H,31,33). The zero-order valence-corrected chi connectivity index (χ0v) is 23.2. The number of nitrogens with zero attached hydrogens (tertiary/aromatic N) is 2. The van der Waals surface area contributed by atoms with Crippen LogP contribution in [0, 0.1) is 20.8 Å². The van der Waals surface area contributed by atoms with Gasteiger partial charge in [0.15, 0.2) is 0 Å². The van der Waals surface area contributed by atoms with E-state index in [0.29, 0.717) is 46.9 Å². The first-order valence-electron chi connectivity index (χ1n) is 12.5. The molecule has 0 unspecified atom stereocenters. The van der Waals surface area contributed by atoms with E-state index in [2.05, 4.69) is 15.6 Å². The van der Waals surface area contributed by atoms with Crippen molar-refractivity contribution in [3.8, 4) is 5.75 Å². The number of benzene rings is 2. The van der Waals surface area contributed by atoms with Gasteiger partial charge in [0.05, 0.1) is 30.7 Å². The number of hydrogen-bond acceptors (Lipinski definition) is 7. The summed E-state index contributed by atoms with van der Waals surface area (Å²) in [6.45, 7) is 7.30. The van der Waals surface area contributed by atoms with Crippen molar-refractivity contribution in [3.63, 3.8) is 0 Å². The summed E-state index contributed by atoms with van der Waals surface area (Å²) in [4.78, 5) is 17.5. The summed E-state index contributed by atoms with van der Waals surface area (Å²) < 4.78 is 38.9. The van der Waals surface area contributed by atoms with Crippen molar-refractivity contribution in [2.24, 2.45) is 4.99 Å². The SMILES string of the molecule is COc1cc(C)c(S(=O)(=O)N(C)Cc2cc(C(=O)NCCc3ccc(C4=NCCN4)cc3)c(C)o2)c(C)c1. The number of hydrogen-bond donors (Lipinski definition) is 2. The zero-order chi connectivity index (χ0) is 27.4. The van der Waals surface area contributed by atoms with Gasteiger partial charge in [0.1, 0.15) is 23.1 Å². The highest BCUT2D eigenvalue weighted by Crippen LogP contribution is 2.29. The van der Waals surface area contributed by atoms with E-state index in [1.165, 1.54) is 11.4 Å². The van der Waals surface area contributed by atoms with Gasteiger partial charge in [-0.2, -0.15) is 4.31 Å². The van der Waals surface area contributed by atoms with Crippen molar-refractivity contribution in [2.45, 2.75) is 38.6 Å². The molecule has 0 spiro atoms. The third kappa shape index (κ3) is 5.92. The normalized spacial score (nSPS) is 13.4. The molecule has 0 saturated heterocycles. The Morgan fingerprint density at radius 3 is 2.42 bits per heavy atom. The van der Waals surface area contributed by atoms with Gasteiger partial charge in [0.2, 0.25) is 10.0 Å². The van der Waals surface area contributed by atoms with E-state index in [1.54, 1.807) is 46.1 Å². The number of methoxy groups -OCH3 is 1. The number of furan rings is 1. The molecule has 0 radical (unpaired) electrons. The molecule has 4 rings (SSSR count).